The summed E-state index contributed by atoms with van der Waals surface area (Å²) in [4.78, 5) is 18.5. The molecule has 2 aromatic rings. The standard InChI is InChI=1S/C24H35ClN6O2/c1-26-22-27-23(29-24(28-22)33-16-17-7-5-4-6-8-17)31(18-11-13-30(2)14-12-18)19-9-10-21(32-3)20(25)15-19/h9-10,15,17-18H,4-8,11-14,16H2,1-3H3,(H,26,27,28,29). The van der Waals surface area contributed by atoms with Gasteiger partial charge in [-0.3, -0.25) is 0 Å². The van der Waals surface area contributed by atoms with Crippen LogP contribution >= 0.6 is 11.6 Å². The highest BCUT2D eigenvalue weighted by atomic mass is 35.5. The van der Waals surface area contributed by atoms with E-state index in [1.54, 1.807) is 7.11 Å². The molecule has 1 saturated heterocycles. The van der Waals surface area contributed by atoms with Gasteiger partial charge in [0.05, 0.1) is 18.7 Å². The van der Waals surface area contributed by atoms with E-state index in [-0.39, 0.29) is 6.04 Å². The number of nitrogens with one attached hydrogen (secondary N) is 1. The van der Waals surface area contributed by atoms with E-state index in [0.717, 1.165) is 31.6 Å². The Labute approximate surface area is 201 Å². The van der Waals surface area contributed by atoms with E-state index in [9.17, 15) is 0 Å². The zero-order valence-electron chi connectivity index (χ0n) is 19.9. The van der Waals surface area contributed by atoms with Crippen molar-refractivity contribution in [1.82, 2.24) is 19.9 Å². The van der Waals surface area contributed by atoms with Crippen LogP contribution in [0.3, 0.4) is 0 Å². The fourth-order valence-corrected chi connectivity index (χ4v) is 4.98. The smallest absolute Gasteiger partial charge is 0.323 e. The van der Waals surface area contributed by atoms with Crippen molar-refractivity contribution < 1.29 is 9.47 Å². The molecule has 0 amide bonds. The number of aromatic nitrogens is 3. The molecule has 0 spiro atoms. The molecule has 9 heteroatoms. The number of rotatable bonds is 8. The third-order valence-corrected chi connectivity index (χ3v) is 6.98. The largest absolute Gasteiger partial charge is 0.495 e. The monoisotopic (exact) mass is 474 g/mol. The number of ether oxygens (including phenoxy) is 2. The summed E-state index contributed by atoms with van der Waals surface area (Å²) in [5.41, 5.74) is 0.932. The van der Waals surface area contributed by atoms with E-state index < -0.39 is 0 Å². The fraction of sp³-hybridized carbons (Fsp3) is 0.625. The first-order chi connectivity index (χ1) is 16.1. The number of benzene rings is 1. The molecule has 8 nitrogen and oxygen atoms in total. The molecule has 1 aliphatic carbocycles. The van der Waals surface area contributed by atoms with Crippen molar-refractivity contribution in [3.63, 3.8) is 0 Å². The number of halogens is 1. The summed E-state index contributed by atoms with van der Waals surface area (Å²) in [5, 5.41) is 3.63. The first-order valence-electron chi connectivity index (χ1n) is 12.0. The van der Waals surface area contributed by atoms with Gasteiger partial charge in [0.1, 0.15) is 5.75 Å². The molecule has 1 saturated carbocycles. The van der Waals surface area contributed by atoms with Crippen LogP contribution in [0.2, 0.25) is 5.02 Å². The number of anilines is 3. The molecule has 2 heterocycles. The highest BCUT2D eigenvalue weighted by Crippen LogP contribution is 2.36. The summed E-state index contributed by atoms with van der Waals surface area (Å²) in [6.07, 6.45) is 8.30. The van der Waals surface area contributed by atoms with Crippen molar-refractivity contribution in [3.8, 4) is 11.8 Å². The van der Waals surface area contributed by atoms with E-state index in [1.807, 2.05) is 25.2 Å². The van der Waals surface area contributed by atoms with Crippen LogP contribution < -0.4 is 19.7 Å². The lowest BCUT2D eigenvalue weighted by Crippen LogP contribution is -2.42. The molecule has 1 aromatic heterocycles. The lowest BCUT2D eigenvalue weighted by Gasteiger charge is -2.37. The summed E-state index contributed by atoms with van der Waals surface area (Å²) in [6, 6.07) is 6.43. The Morgan fingerprint density at radius 2 is 1.85 bits per heavy atom. The molecule has 180 valence electrons. The average molecular weight is 475 g/mol. The van der Waals surface area contributed by atoms with Gasteiger partial charge in [0.2, 0.25) is 11.9 Å². The number of methoxy groups -OCH3 is 1. The van der Waals surface area contributed by atoms with Gasteiger partial charge in [-0.05, 0) is 69.9 Å². The van der Waals surface area contributed by atoms with Crippen LogP contribution in [-0.4, -0.2) is 66.8 Å². The quantitative estimate of drug-likeness (QED) is 0.586. The van der Waals surface area contributed by atoms with E-state index in [0.29, 0.717) is 41.2 Å². The third kappa shape index (κ3) is 5.98. The summed E-state index contributed by atoms with van der Waals surface area (Å²) >= 11 is 6.50. The highest BCUT2D eigenvalue weighted by Gasteiger charge is 2.28. The molecule has 1 aliphatic heterocycles. The Morgan fingerprint density at radius 1 is 1.09 bits per heavy atom. The van der Waals surface area contributed by atoms with Gasteiger partial charge in [-0.15, -0.1) is 0 Å². The summed E-state index contributed by atoms with van der Waals surface area (Å²) in [6.45, 7) is 2.68. The first-order valence-corrected chi connectivity index (χ1v) is 12.3. The van der Waals surface area contributed by atoms with Crippen molar-refractivity contribution >= 4 is 29.2 Å². The molecule has 4 rings (SSSR count). The van der Waals surface area contributed by atoms with E-state index in [1.165, 1.54) is 32.1 Å². The molecule has 0 atom stereocenters. The van der Waals surface area contributed by atoms with Gasteiger partial charge in [-0.2, -0.15) is 15.0 Å². The molecule has 1 N–H and O–H groups in total. The molecule has 2 fully saturated rings. The lowest BCUT2D eigenvalue weighted by molar-refractivity contribution is 0.196. The predicted molar refractivity (Wildman–Crippen MR) is 132 cm³/mol. The minimum absolute atomic E-state index is 0.240. The highest BCUT2D eigenvalue weighted by molar-refractivity contribution is 6.32. The van der Waals surface area contributed by atoms with E-state index >= 15 is 0 Å². The Balaban J connectivity index is 1.65. The maximum absolute atomic E-state index is 6.50. The summed E-state index contributed by atoms with van der Waals surface area (Å²) in [5.74, 6) is 2.29. The van der Waals surface area contributed by atoms with Crippen molar-refractivity contribution in [2.75, 3.05) is 51.1 Å². The molecule has 0 bridgehead atoms. The normalized spacial score (nSPS) is 18.2. The van der Waals surface area contributed by atoms with Gasteiger partial charge in [-0.1, -0.05) is 30.9 Å². The molecule has 0 radical (unpaired) electrons. The van der Waals surface area contributed by atoms with Crippen LogP contribution in [0, 0.1) is 5.92 Å². The van der Waals surface area contributed by atoms with E-state index in [4.69, 9.17) is 31.0 Å². The minimum atomic E-state index is 0.240. The summed E-state index contributed by atoms with van der Waals surface area (Å²) < 4.78 is 11.5. The molecule has 33 heavy (non-hydrogen) atoms. The van der Waals surface area contributed by atoms with Gasteiger partial charge < -0.3 is 24.6 Å². The molecule has 1 aromatic carbocycles. The molecular formula is C24H35ClN6O2. The van der Waals surface area contributed by atoms with Crippen LogP contribution in [0.4, 0.5) is 17.6 Å². The maximum atomic E-state index is 6.50. The zero-order valence-corrected chi connectivity index (χ0v) is 20.6. The van der Waals surface area contributed by atoms with Crippen molar-refractivity contribution in [2.45, 2.75) is 51.0 Å². The van der Waals surface area contributed by atoms with Crippen molar-refractivity contribution in [1.29, 1.82) is 0 Å². The SMILES string of the molecule is CNc1nc(OCC2CCCCC2)nc(N(c2ccc(OC)c(Cl)c2)C2CCN(C)CC2)n1. The second-order valence-electron chi connectivity index (χ2n) is 9.03. The Kier molecular flexibility index (Phi) is 8.09. The van der Waals surface area contributed by atoms with Crippen molar-refractivity contribution in [3.05, 3.63) is 23.2 Å². The zero-order chi connectivity index (χ0) is 23.2. The van der Waals surface area contributed by atoms with Crippen LogP contribution in [-0.2, 0) is 0 Å². The number of piperidine rings is 1. The van der Waals surface area contributed by atoms with Crippen LogP contribution in [0.5, 0.6) is 11.8 Å². The Hall–Kier alpha value is -2.32. The first kappa shape index (κ1) is 23.8. The van der Waals surface area contributed by atoms with Crippen LogP contribution in [0.15, 0.2) is 18.2 Å². The van der Waals surface area contributed by atoms with Gasteiger partial charge in [0.15, 0.2) is 0 Å². The molecule has 2 aliphatic rings. The van der Waals surface area contributed by atoms with Crippen LogP contribution in [0.25, 0.3) is 0 Å². The number of likely N-dealkylation sites (tertiary alicyclic amines) is 1. The number of nitrogens with zero attached hydrogens (tertiary/aromatic N) is 5. The van der Waals surface area contributed by atoms with Crippen molar-refractivity contribution in [2.24, 2.45) is 5.92 Å². The predicted octanol–water partition coefficient (Wildman–Crippen LogP) is 4.77. The van der Waals surface area contributed by atoms with Crippen LogP contribution in [0.1, 0.15) is 44.9 Å². The minimum Gasteiger partial charge on any atom is -0.495 e. The maximum Gasteiger partial charge on any atom is 0.323 e. The van der Waals surface area contributed by atoms with Gasteiger partial charge >= 0.3 is 6.01 Å². The molecule has 0 unspecified atom stereocenters. The number of hydrogen-bond acceptors (Lipinski definition) is 8. The van der Waals surface area contributed by atoms with Gasteiger partial charge in [0.25, 0.3) is 0 Å². The summed E-state index contributed by atoms with van der Waals surface area (Å²) in [7, 11) is 5.59. The number of hydrogen-bond donors (Lipinski definition) is 1. The fourth-order valence-electron chi connectivity index (χ4n) is 4.72. The average Bonchev–Trinajstić information content (AvgIpc) is 2.85. The van der Waals surface area contributed by atoms with Gasteiger partial charge in [0, 0.05) is 18.8 Å². The molecular weight excluding hydrogens is 440 g/mol. The Bertz CT molecular complexity index is 916. The second kappa shape index (κ2) is 11.2. The third-order valence-electron chi connectivity index (χ3n) is 6.68. The van der Waals surface area contributed by atoms with E-state index in [2.05, 4.69) is 27.1 Å². The van der Waals surface area contributed by atoms with Gasteiger partial charge in [-0.25, -0.2) is 0 Å². The second-order valence-corrected chi connectivity index (χ2v) is 9.44. The topological polar surface area (TPSA) is 75.6 Å². The Morgan fingerprint density at radius 3 is 2.52 bits per heavy atom. The lowest BCUT2D eigenvalue weighted by atomic mass is 9.90.